The van der Waals surface area contributed by atoms with E-state index in [1.165, 1.54) is 12.4 Å². The summed E-state index contributed by atoms with van der Waals surface area (Å²) in [5.41, 5.74) is 0.724. The standard InChI is InChI=1S/C15H22N2O2/c1-10(2)6-11-7-12(17-9-16-11)13(18)8-14(19)15(3,4)5/h7-10,19H,6H2,1-5H3/b14-8-. The average molecular weight is 262 g/mol. The van der Waals surface area contributed by atoms with Gasteiger partial charge in [0.25, 0.3) is 0 Å². The lowest BCUT2D eigenvalue weighted by Gasteiger charge is -2.16. The van der Waals surface area contributed by atoms with Crippen LogP contribution in [-0.4, -0.2) is 20.9 Å². The molecule has 0 aromatic carbocycles. The Bertz CT molecular complexity index is 485. The van der Waals surface area contributed by atoms with Crippen LogP contribution in [-0.2, 0) is 6.42 Å². The third kappa shape index (κ3) is 4.81. The van der Waals surface area contributed by atoms with Crippen molar-refractivity contribution in [2.45, 2.75) is 41.0 Å². The summed E-state index contributed by atoms with van der Waals surface area (Å²) >= 11 is 0. The van der Waals surface area contributed by atoms with E-state index in [-0.39, 0.29) is 11.5 Å². The minimum atomic E-state index is -0.441. The molecule has 0 fully saturated rings. The summed E-state index contributed by atoms with van der Waals surface area (Å²) in [7, 11) is 0. The van der Waals surface area contributed by atoms with Crippen molar-refractivity contribution in [2.75, 3.05) is 0 Å². The molecule has 1 rings (SSSR count). The van der Waals surface area contributed by atoms with E-state index in [1.807, 2.05) is 20.8 Å². The maximum atomic E-state index is 12.0. The van der Waals surface area contributed by atoms with Crippen molar-refractivity contribution in [1.29, 1.82) is 0 Å². The van der Waals surface area contributed by atoms with Gasteiger partial charge < -0.3 is 5.11 Å². The van der Waals surface area contributed by atoms with Crippen molar-refractivity contribution in [3.8, 4) is 0 Å². The van der Waals surface area contributed by atoms with Crippen LogP contribution in [0.4, 0.5) is 0 Å². The zero-order chi connectivity index (χ0) is 14.6. The molecule has 0 saturated carbocycles. The number of carbonyl (C=O) groups excluding carboxylic acids is 1. The third-order valence-corrected chi connectivity index (χ3v) is 2.63. The Morgan fingerprint density at radius 3 is 2.53 bits per heavy atom. The Kier molecular flexibility index (Phi) is 4.81. The predicted octanol–water partition coefficient (Wildman–Crippen LogP) is 3.35. The van der Waals surface area contributed by atoms with Crippen molar-refractivity contribution in [2.24, 2.45) is 11.3 Å². The van der Waals surface area contributed by atoms with Crippen molar-refractivity contribution in [3.63, 3.8) is 0 Å². The molecule has 1 aromatic heterocycles. The SMILES string of the molecule is CC(C)Cc1cc(C(=O)/C=C(\O)C(C)(C)C)ncn1. The van der Waals surface area contributed by atoms with E-state index in [4.69, 9.17) is 0 Å². The van der Waals surface area contributed by atoms with Crippen LogP contribution in [0.15, 0.2) is 24.2 Å². The molecule has 1 N–H and O–H groups in total. The van der Waals surface area contributed by atoms with Gasteiger partial charge in [0.2, 0.25) is 5.78 Å². The van der Waals surface area contributed by atoms with Crippen LogP contribution in [0.3, 0.4) is 0 Å². The molecule has 1 aromatic rings. The van der Waals surface area contributed by atoms with Crippen LogP contribution < -0.4 is 0 Å². The van der Waals surface area contributed by atoms with Gasteiger partial charge in [-0.05, 0) is 18.4 Å². The molecule has 1 heterocycles. The largest absolute Gasteiger partial charge is 0.512 e. The number of aliphatic hydroxyl groups is 1. The second-order valence-corrected chi connectivity index (χ2v) is 6.14. The lowest BCUT2D eigenvalue weighted by atomic mass is 9.93. The highest BCUT2D eigenvalue weighted by atomic mass is 16.3. The second kappa shape index (κ2) is 5.95. The first kappa shape index (κ1) is 15.3. The number of carbonyl (C=O) groups is 1. The van der Waals surface area contributed by atoms with Crippen molar-refractivity contribution in [3.05, 3.63) is 35.6 Å². The first-order valence-corrected chi connectivity index (χ1v) is 6.46. The summed E-state index contributed by atoms with van der Waals surface area (Å²) in [6, 6.07) is 1.69. The molecule has 4 nitrogen and oxygen atoms in total. The highest BCUT2D eigenvalue weighted by molar-refractivity contribution is 6.03. The number of hydrogen-bond donors (Lipinski definition) is 1. The molecule has 0 atom stereocenters. The van der Waals surface area contributed by atoms with E-state index < -0.39 is 5.41 Å². The first-order chi connectivity index (χ1) is 8.70. The molecule has 0 aliphatic rings. The third-order valence-electron chi connectivity index (χ3n) is 2.63. The smallest absolute Gasteiger partial charge is 0.207 e. The van der Waals surface area contributed by atoms with E-state index in [1.54, 1.807) is 6.07 Å². The molecule has 4 heteroatoms. The number of nitrogens with zero attached hydrogens (tertiary/aromatic N) is 2. The molecule has 19 heavy (non-hydrogen) atoms. The van der Waals surface area contributed by atoms with Gasteiger partial charge in [-0.3, -0.25) is 4.79 Å². The fourth-order valence-corrected chi connectivity index (χ4v) is 1.48. The van der Waals surface area contributed by atoms with Crippen LogP contribution in [0, 0.1) is 11.3 Å². The van der Waals surface area contributed by atoms with Gasteiger partial charge in [0.05, 0.1) is 0 Å². The fourth-order valence-electron chi connectivity index (χ4n) is 1.48. The lowest BCUT2D eigenvalue weighted by molar-refractivity contribution is 0.103. The zero-order valence-corrected chi connectivity index (χ0v) is 12.3. The Labute approximate surface area is 114 Å². The normalized spacial score (nSPS) is 12.8. The quantitative estimate of drug-likeness (QED) is 0.513. The average Bonchev–Trinajstić information content (AvgIpc) is 2.27. The van der Waals surface area contributed by atoms with Crippen LogP contribution in [0.5, 0.6) is 0 Å². The Hall–Kier alpha value is -1.71. The van der Waals surface area contributed by atoms with Gasteiger partial charge >= 0.3 is 0 Å². The lowest BCUT2D eigenvalue weighted by Crippen LogP contribution is -2.12. The summed E-state index contributed by atoms with van der Waals surface area (Å²) in [5, 5.41) is 9.83. The molecular weight excluding hydrogens is 240 g/mol. The van der Waals surface area contributed by atoms with Crippen LogP contribution >= 0.6 is 0 Å². The number of aliphatic hydroxyl groups excluding tert-OH is 1. The van der Waals surface area contributed by atoms with Crippen molar-refractivity contribution in [1.82, 2.24) is 9.97 Å². The van der Waals surface area contributed by atoms with Gasteiger partial charge in [-0.25, -0.2) is 9.97 Å². The van der Waals surface area contributed by atoms with Gasteiger partial charge in [0.1, 0.15) is 17.8 Å². The number of rotatable bonds is 4. The van der Waals surface area contributed by atoms with Gasteiger partial charge in [0.15, 0.2) is 0 Å². The first-order valence-electron chi connectivity index (χ1n) is 6.46. The van der Waals surface area contributed by atoms with Crippen LogP contribution in [0.1, 0.15) is 50.8 Å². The fraction of sp³-hybridized carbons (Fsp3) is 0.533. The van der Waals surface area contributed by atoms with Crippen molar-refractivity contribution >= 4 is 5.78 Å². The maximum Gasteiger partial charge on any atom is 0.207 e. The van der Waals surface area contributed by atoms with E-state index in [9.17, 15) is 9.90 Å². The Morgan fingerprint density at radius 1 is 1.37 bits per heavy atom. The topological polar surface area (TPSA) is 63.1 Å². The Balaban J connectivity index is 2.95. The number of aromatic nitrogens is 2. The second-order valence-electron chi connectivity index (χ2n) is 6.14. The summed E-state index contributed by atoms with van der Waals surface area (Å²) in [6.07, 6.45) is 3.44. The molecule has 0 bridgehead atoms. The molecule has 0 aliphatic carbocycles. The highest BCUT2D eigenvalue weighted by Crippen LogP contribution is 2.22. The van der Waals surface area contributed by atoms with Gasteiger partial charge in [-0.1, -0.05) is 34.6 Å². The minimum Gasteiger partial charge on any atom is -0.512 e. The van der Waals surface area contributed by atoms with E-state index in [0.29, 0.717) is 11.6 Å². The van der Waals surface area contributed by atoms with Crippen LogP contribution in [0.2, 0.25) is 0 Å². The highest BCUT2D eigenvalue weighted by Gasteiger charge is 2.18. The van der Waals surface area contributed by atoms with Gasteiger partial charge in [-0.15, -0.1) is 0 Å². The molecule has 0 amide bonds. The van der Waals surface area contributed by atoms with E-state index in [2.05, 4.69) is 23.8 Å². The molecule has 0 radical (unpaired) electrons. The van der Waals surface area contributed by atoms with E-state index >= 15 is 0 Å². The molecular formula is C15H22N2O2. The van der Waals surface area contributed by atoms with Crippen LogP contribution in [0.25, 0.3) is 0 Å². The monoisotopic (exact) mass is 262 g/mol. The summed E-state index contributed by atoms with van der Waals surface area (Å²) < 4.78 is 0. The molecule has 0 unspecified atom stereocenters. The molecule has 0 spiro atoms. The summed E-state index contributed by atoms with van der Waals surface area (Å²) in [6.45, 7) is 9.72. The van der Waals surface area contributed by atoms with Gasteiger partial charge in [0, 0.05) is 17.2 Å². The van der Waals surface area contributed by atoms with Crippen molar-refractivity contribution < 1.29 is 9.90 Å². The zero-order valence-electron chi connectivity index (χ0n) is 12.3. The molecule has 104 valence electrons. The molecule has 0 aliphatic heterocycles. The Morgan fingerprint density at radius 2 is 2.00 bits per heavy atom. The minimum absolute atomic E-state index is 0.0570. The summed E-state index contributed by atoms with van der Waals surface area (Å²) in [5.74, 6) is 0.234. The number of allylic oxidation sites excluding steroid dienone is 2. The maximum absolute atomic E-state index is 12.0. The van der Waals surface area contributed by atoms with E-state index in [0.717, 1.165) is 12.1 Å². The van der Waals surface area contributed by atoms with Gasteiger partial charge in [-0.2, -0.15) is 0 Å². The number of ketones is 1. The summed E-state index contributed by atoms with van der Waals surface area (Å²) in [4.78, 5) is 20.1. The molecule has 0 saturated heterocycles. The number of hydrogen-bond acceptors (Lipinski definition) is 4. The predicted molar refractivity (Wildman–Crippen MR) is 75.1 cm³/mol.